The van der Waals surface area contributed by atoms with Gasteiger partial charge in [-0.25, -0.2) is 4.98 Å². The molecule has 2 atom stereocenters. The van der Waals surface area contributed by atoms with Gasteiger partial charge in [0.25, 0.3) is 0 Å². The summed E-state index contributed by atoms with van der Waals surface area (Å²) < 4.78 is 43.7. The van der Waals surface area contributed by atoms with E-state index < -0.39 is 11.7 Å². The normalized spacial score (nSPS) is 19.8. The minimum Gasteiger partial charge on any atom is -0.469 e. The van der Waals surface area contributed by atoms with E-state index in [4.69, 9.17) is 4.74 Å². The van der Waals surface area contributed by atoms with Crippen molar-refractivity contribution in [2.24, 2.45) is 16.8 Å². The lowest BCUT2D eigenvalue weighted by molar-refractivity contribution is -0.146. The number of nitrogens with one attached hydrogen (secondary N) is 2. The fraction of sp³-hybridized carbons (Fsp3) is 0.588. The van der Waals surface area contributed by atoms with Crippen molar-refractivity contribution in [1.29, 1.82) is 0 Å². The molecule has 2 heterocycles. The van der Waals surface area contributed by atoms with Crippen LogP contribution in [0.1, 0.15) is 12.5 Å². The van der Waals surface area contributed by atoms with Crippen molar-refractivity contribution in [3.8, 4) is 0 Å². The van der Waals surface area contributed by atoms with E-state index in [2.05, 4.69) is 20.6 Å². The van der Waals surface area contributed by atoms with Gasteiger partial charge >= 0.3 is 12.1 Å². The molecule has 0 spiro atoms. The number of aliphatic imine (C=N–C) groups is 1. The Labute approximate surface area is 179 Å². The smallest absolute Gasteiger partial charge is 0.419 e. The summed E-state index contributed by atoms with van der Waals surface area (Å²) in [6.07, 6.45) is -3.16. The van der Waals surface area contributed by atoms with Gasteiger partial charge in [-0.3, -0.25) is 9.79 Å². The van der Waals surface area contributed by atoms with Gasteiger partial charge in [-0.2, -0.15) is 13.2 Å². The second-order valence-corrected chi connectivity index (χ2v) is 6.31. The Bertz CT molecular complexity index is 687. The van der Waals surface area contributed by atoms with E-state index in [0.717, 1.165) is 6.07 Å². The van der Waals surface area contributed by atoms with Crippen molar-refractivity contribution >= 4 is 41.7 Å². The van der Waals surface area contributed by atoms with Gasteiger partial charge < -0.3 is 20.3 Å². The van der Waals surface area contributed by atoms with E-state index in [-0.39, 0.29) is 54.1 Å². The molecule has 1 aromatic rings. The third-order valence-corrected chi connectivity index (χ3v) is 4.44. The lowest BCUT2D eigenvalue weighted by Gasteiger charge is -2.22. The maximum atomic E-state index is 13.0. The van der Waals surface area contributed by atoms with Crippen LogP contribution in [0.15, 0.2) is 23.3 Å². The van der Waals surface area contributed by atoms with Crippen molar-refractivity contribution in [1.82, 2.24) is 15.2 Å². The van der Waals surface area contributed by atoms with E-state index >= 15 is 0 Å². The number of hydrogen-bond donors (Lipinski definition) is 2. The quantitative estimate of drug-likeness (QED) is 0.206. The zero-order chi connectivity index (χ0) is 20.0. The van der Waals surface area contributed by atoms with Gasteiger partial charge in [-0.05, 0) is 18.1 Å². The lowest BCUT2D eigenvalue weighted by Crippen LogP contribution is -2.42. The number of guanidine groups is 1. The second-order valence-electron chi connectivity index (χ2n) is 6.31. The van der Waals surface area contributed by atoms with Gasteiger partial charge in [0.05, 0.1) is 18.6 Å². The highest BCUT2D eigenvalue weighted by Crippen LogP contribution is 2.33. The van der Waals surface area contributed by atoms with E-state index in [0.29, 0.717) is 25.6 Å². The van der Waals surface area contributed by atoms with Gasteiger partial charge in [-0.15, -0.1) is 24.0 Å². The van der Waals surface area contributed by atoms with E-state index in [1.165, 1.54) is 19.4 Å². The Morgan fingerprint density at radius 3 is 2.71 bits per heavy atom. The molecule has 0 radical (unpaired) electrons. The van der Waals surface area contributed by atoms with Crippen molar-refractivity contribution < 1.29 is 22.7 Å². The number of halogens is 4. The molecular formula is C17H25F3IN5O2. The summed E-state index contributed by atoms with van der Waals surface area (Å²) in [7, 11) is 2.98. The van der Waals surface area contributed by atoms with Gasteiger partial charge in [0, 0.05) is 39.4 Å². The molecule has 1 saturated heterocycles. The number of esters is 1. The number of likely N-dealkylation sites (tertiary alicyclic amines) is 1. The molecule has 0 saturated carbocycles. The maximum absolute atomic E-state index is 13.0. The summed E-state index contributed by atoms with van der Waals surface area (Å²) >= 11 is 0. The van der Waals surface area contributed by atoms with Crippen molar-refractivity contribution in [3.05, 3.63) is 23.9 Å². The molecule has 1 aromatic heterocycles. The van der Waals surface area contributed by atoms with E-state index in [1.807, 2.05) is 11.8 Å². The highest BCUT2D eigenvalue weighted by Gasteiger charge is 2.37. The first-order valence-electron chi connectivity index (χ1n) is 8.57. The average molecular weight is 515 g/mol. The number of pyridine rings is 1. The molecule has 1 fully saturated rings. The highest BCUT2D eigenvalue weighted by molar-refractivity contribution is 14.0. The molecular weight excluding hydrogens is 490 g/mol. The molecule has 28 heavy (non-hydrogen) atoms. The summed E-state index contributed by atoms with van der Waals surface area (Å²) in [4.78, 5) is 21.7. The number of rotatable bonds is 5. The molecule has 2 rings (SSSR count). The number of alkyl halides is 3. The topological polar surface area (TPSA) is 78.9 Å². The fourth-order valence-corrected chi connectivity index (χ4v) is 3.06. The largest absolute Gasteiger partial charge is 0.469 e. The number of hydrogen-bond acceptors (Lipinski definition) is 5. The third-order valence-electron chi connectivity index (χ3n) is 4.44. The predicted octanol–water partition coefficient (Wildman–Crippen LogP) is 2.45. The zero-order valence-corrected chi connectivity index (χ0v) is 18.2. The number of methoxy groups -OCH3 is 1. The van der Waals surface area contributed by atoms with Crippen LogP contribution < -0.4 is 10.6 Å². The van der Waals surface area contributed by atoms with Crippen molar-refractivity contribution in [3.63, 3.8) is 0 Å². The minimum absolute atomic E-state index is 0. The number of carbonyl (C=O) groups is 1. The average Bonchev–Trinajstić information content (AvgIpc) is 3.02. The zero-order valence-electron chi connectivity index (χ0n) is 15.9. The lowest BCUT2D eigenvalue weighted by atomic mass is 9.99. The predicted molar refractivity (Wildman–Crippen MR) is 111 cm³/mol. The third kappa shape index (κ3) is 6.11. The van der Waals surface area contributed by atoms with Crippen LogP contribution in [0, 0.1) is 11.8 Å². The van der Waals surface area contributed by atoms with Crippen LogP contribution in [0.25, 0.3) is 0 Å². The monoisotopic (exact) mass is 515 g/mol. The molecule has 0 bridgehead atoms. The summed E-state index contributed by atoms with van der Waals surface area (Å²) in [6.45, 7) is 3.66. The number of nitrogens with zero attached hydrogens (tertiary/aromatic N) is 3. The van der Waals surface area contributed by atoms with Gasteiger partial charge in [0.15, 0.2) is 5.96 Å². The molecule has 1 aliphatic heterocycles. The van der Waals surface area contributed by atoms with Crippen LogP contribution in [0.2, 0.25) is 0 Å². The molecule has 7 nitrogen and oxygen atoms in total. The summed E-state index contributed by atoms with van der Waals surface area (Å²) in [6, 6.07) is 2.24. The van der Waals surface area contributed by atoms with Gasteiger partial charge in [0.1, 0.15) is 5.82 Å². The Morgan fingerprint density at radius 1 is 1.39 bits per heavy atom. The van der Waals surface area contributed by atoms with Crippen LogP contribution in [0.4, 0.5) is 19.0 Å². The first kappa shape index (κ1) is 24.2. The van der Waals surface area contributed by atoms with Crippen LogP contribution in [-0.2, 0) is 15.7 Å². The number of aromatic nitrogens is 1. The number of anilines is 1. The highest BCUT2D eigenvalue weighted by atomic mass is 127. The molecule has 2 unspecified atom stereocenters. The molecule has 158 valence electrons. The van der Waals surface area contributed by atoms with Crippen molar-refractivity contribution in [2.75, 3.05) is 45.7 Å². The molecule has 0 aromatic carbocycles. The Hall–Kier alpha value is -1.79. The molecule has 11 heteroatoms. The van der Waals surface area contributed by atoms with Gasteiger partial charge in [0.2, 0.25) is 0 Å². The summed E-state index contributed by atoms with van der Waals surface area (Å²) in [5, 5.41) is 5.78. The van der Waals surface area contributed by atoms with E-state index in [9.17, 15) is 18.0 Å². The molecule has 0 amide bonds. The van der Waals surface area contributed by atoms with Crippen LogP contribution in [0.5, 0.6) is 0 Å². The minimum atomic E-state index is -4.46. The number of ether oxygens (including phenoxy) is 1. The van der Waals surface area contributed by atoms with Gasteiger partial charge in [-0.1, -0.05) is 6.92 Å². The molecule has 0 aliphatic carbocycles. The first-order valence-corrected chi connectivity index (χ1v) is 8.57. The first-order chi connectivity index (χ1) is 12.8. The second kappa shape index (κ2) is 10.7. The summed E-state index contributed by atoms with van der Waals surface area (Å²) in [5.74, 6) is 0.0259. The SMILES string of the molecule is CN=C(NCCNc1ncccc1C(F)(F)F)N1CC(C)C(C(=O)OC)C1.I. The molecule has 2 N–H and O–H groups in total. The van der Waals surface area contributed by atoms with Crippen LogP contribution in [0.3, 0.4) is 0 Å². The van der Waals surface area contributed by atoms with E-state index in [1.54, 1.807) is 7.05 Å². The van der Waals surface area contributed by atoms with Crippen LogP contribution in [-0.4, -0.2) is 62.1 Å². The summed E-state index contributed by atoms with van der Waals surface area (Å²) in [5.41, 5.74) is -0.802. The Morgan fingerprint density at radius 2 is 2.11 bits per heavy atom. The number of carbonyl (C=O) groups excluding carboxylic acids is 1. The van der Waals surface area contributed by atoms with Crippen molar-refractivity contribution in [2.45, 2.75) is 13.1 Å². The van der Waals surface area contributed by atoms with Crippen LogP contribution >= 0.6 is 24.0 Å². The Kier molecular flexibility index (Phi) is 9.24. The Balaban J connectivity index is 0.00000392. The molecule has 1 aliphatic rings. The fourth-order valence-electron chi connectivity index (χ4n) is 3.06. The maximum Gasteiger partial charge on any atom is 0.419 e. The standard InChI is InChI=1S/C17H24F3N5O2.HI/c1-11-9-25(10-12(11)15(26)27-3)16(21-2)24-8-7-23-14-13(17(18,19)20)5-4-6-22-14;/h4-6,11-12H,7-10H2,1-3H3,(H,21,24)(H,22,23);1H.